The average molecular weight is 283 g/mol. The van der Waals surface area contributed by atoms with E-state index in [9.17, 15) is 4.79 Å². The lowest BCUT2D eigenvalue weighted by Gasteiger charge is -2.28. The molecule has 1 heterocycles. The van der Waals surface area contributed by atoms with Crippen LogP contribution >= 0.6 is 11.8 Å². The van der Waals surface area contributed by atoms with Crippen molar-refractivity contribution in [2.24, 2.45) is 10.9 Å². The number of nitrogens with one attached hydrogen (secondary N) is 1. The van der Waals surface area contributed by atoms with Crippen LogP contribution in [0.5, 0.6) is 0 Å². The first-order chi connectivity index (χ1) is 9.05. The van der Waals surface area contributed by atoms with Crippen LogP contribution in [0, 0.1) is 5.92 Å². The van der Waals surface area contributed by atoms with Crippen LogP contribution < -0.4 is 5.32 Å². The highest BCUT2D eigenvalue weighted by Crippen LogP contribution is 2.19. The zero-order valence-electron chi connectivity index (χ0n) is 12.4. The number of nitrogens with zero attached hydrogens (tertiary/aromatic N) is 2. The fourth-order valence-electron chi connectivity index (χ4n) is 2.05. The van der Waals surface area contributed by atoms with Crippen molar-refractivity contribution in [3.05, 3.63) is 11.8 Å². The van der Waals surface area contributed by atoms with Crippen molar-refractivity contribution < 1.29 is 4.79 Å². The maximum absolute atomic E-state index is 12.0. The summed E-state index contributed by atoms with van der Waals surface area (Å²) in [5, 5.41) is 3.60. The van der Waals surface area contributed by atoms with Crippen LogP contribution in [-0.4, -0.2) is 42.4 Å². The number of allylic oxidation sites excluding steroid dienone is 2. The van der Waals surface area contributed by atoms with E-state index in [1.54, 1.807) is 0 Å². The highest BCUT2D eigenvalue weighted by Gasteiger charge is 2.19. The Balaban J connectivity index is 2.43. The van der Waals surface area contributed by atoms with Crippen LogP contribution in [0.3, 0.4) is 0 Å². The zero-order valence-corrected chi connectivity index (χ0v) is 13.2. The number of rotatable bonds is 3. The Labute approximate surface area is 120 Å². The van der Waals surface area contributed by atoms with Gasteiger partial charge in [0.2, 0.25) is 5.91 Å². The van der Waals surface area contributed by atoms with Crippen molar-refractivity contribution in [2.45, 2.75) is 33.1 Å². The first-order valence-corrected chi connectivity index (χ1v) is 8.01. The number of piperidine rings is 1. The monoisotopic (exact) mass is 283 g/mol. The molecular formula is C14H25N3OS. The lowest BCUT2D eigenvalue weighted by molar-refractivity contribution is -0.120. The number of amides is 1. The molecule has 0 spiro atoms. The minimum absolute atomic E-state index is 0.0894. The van der Waals surface area contributed by atoms with Crippen LogP contribution in [0.1, 0.15) is 33.1 Å². The van der Waals surface area contributed by atoms with E-state index in [4.69, 9.17) is 0 Å². The predicted octanol–water partition coefficient (Wildman–Crippen LogP) is 2.48. The summed E-state index contributed by atoms with van der Waals surface area (Å²) in [7, 11) is 2.13. The van der Waals surface area contributed by atoms with Gasteiger partial charge in [0.05, 0.1) is 0 Å². The topological polar surface area (TPSA) is 44.7 Å². The Morgan fingerprint density at radius 3 is 2.63 bits per heavy atom. The van der Waals surface area contributed by atoms with Crippen LogP contribution in [0.4, 0.5) is 0 Å². The van der Waals surface area contributed by atoms with Gasteiger partial charge in [0.1, 0.15) is 0 Å². The van der Waals surface area contributed by atoms with Gasteiger partial charge in [-0.05, 0) is 59.0 Å². The second-order valence-corrected chi connectivity index (χ2v) is 5.85. The molecule has 1 aliphatic heterocycles. The number of hydrogen-bond donors (Lipinski definition) is 1. The van der Waals surface area contributed by atoms with Crippen molar-refractivity contribution in [1.82, 2.24) is 10.2 Å². The second-order valence-electron chi connectivity index (χ2n) is 5.05. The lowest BCUT2D eigenvalue weighted by Crippen LogP contribution is -2.34. The molecule has 5 heteroatoms. The molecule has 0 saturated carbocycles. The molecule has 0 radical (unpaired) electrons. The molecule has 0 bridgehead atoms. The summed E-state index contributed by atoms with van der Waals surface area (Å²) in [6.45, 7) is 6.06. The fraction of sp³-hybridized carbons (Fsp3) is 0.714. The summed E-state index contributed by atoms with van der Waals surface area (Å²) in [4.78, 5) is 18.7. The molecule has 0 aliphatic carbocycles. The number of carbonyl (C=O) groups excluding carboxylic acids is 1. The first-order valence-electron chi connectivity index (χ1n) is 6.79. The Bertz CT molecular complexity index is 358. The molecule has 0 atom stereocenters. The molecule has 0 aromatic rings. The maximum atomic E-state index is 12.0. The van der Waals surface area contributed by atoms with Crippen molar-refractivity contribution in [1.29, 1.82) is 0 Å². The van der Waals surface area contributed by atoms with Gasteiger partial charge in [-0.25, -0.2) is 4.99 Å². The maximum Gasteiger partial charge on any atom is 0.226 e. The standard InChI is InChI=1S/C14H25N3OS/c1-5-11(2)15-14(19-4)16-13(18)10-12-6-8-17(3)9-7-12/h5,12H,6-10H2,1-4H3,(H,15,16,18)/b11-5+. The minimum atomic E-state index is 0.0894. The van der Waals surface area contributed by atoms with Crippen LogP contribution in [0.2, 0.25) is 0 Å². The summed E-state index contributed by atoms with van der Waals surface area (Å²) < 4.78 is 0. The molecule has 1 amide bonds. The molecule has 0 aromatic carbocycles. The number of thioether (sulfide) groups is 1. The van der Waals surface area contributed by atoms with E-state index in [0.717, 1.165) is 31.6 Å². The number of amidine groups is 1. The number of likely N-dealkylation sites (tertiary alicyclic amines) is 1. The van der Waals surface area contributed by atoms with E-state index in [1.807, 2.05) is 26.2 Å². The average Bonchev–Trinajstić information content (AvgIpc) is 2.40. The highest BCUT2D eigenvalue weighted by atomic mass is 32.2. The third-order valence-corrected chi connectivity index (χ3v) is 4.03. The van der Waals surface area contributed by atoms with Gasteiger partial charge in [0, 0.05) is 12.1 Å². The Morgan fingerprint density at radius 2 is 2.11 bits per heavy atom. The fourth-order valence-corrected chi connectivity index (χ4v) is 2.50. The quantitative estimate of drug-likeness (QED) is 0.639. The van der Waals surface area contributed by atoms with E-state index in [0.29, 0.717) is 17.5 Å². The number of hydrogen-bond acceptors (Lipinski definition) is 4. The van der Waals surface area contributed by atoms with Gasteiger partial charge in [0.25, 0.3) is 0 Å². The summed E-state index contributed by atoms with van der Waals surface area (Å²) >= 11 is 1.47. The summed E-state index contributed by atoms with van der Waals surface area (Å²) in [6, 6.07) is 0. The molecule has 1 saturated heterocycles. The van der Waals surface area contributed by atoms with E-state index in [2.05, 4.69) is 22.3 Å². The number of aliphatic imine (C=N–C) groups is 1. The van der Waals surface area contributed by atoms with Crippen molar-refractivity contribution in [2.75, 3.05) is 26.4 Å². The van der Waals surface area contributed by atoms with Gasteiger partial charge in [-0.1, -0.05) is 17.8 Å². The normalized spacial score (nSPS) is 19.6. The van der Waals surface area contributed by atoms with E-state index in [1.165, 1.54) is 11.8 Å². The first kappa shape index (κ1) is 16.2. The molecule has 1 aliphatic rings. The lowest BCUT2D eigenvalue weighted by atomic mass is 9.93. The third kappa shape index (κ3) is 6.25. The van der Waals surface area contributed by atoms with Crippen molar-refractivity contribution in [3.63, 3.8) is 0 Å². The van der Waals surface area contributed by atoms with E-state index < -0.39 is 0 Å². The predicted molar refractivity (Wildman–Crippen MR) is 83.4 cm³/mol. The smallest absolute Gasteiger partial charge is 0.226 e. The second kappa shape index (κ2) is 8.38. The minimum Gasteiger partial charge on any atom is -0.306 e. The molecule has 1 fully saturated rings. The molecule has 1 rings (SSSR count). The van der Waals surface area contributed by atoms with Crippen LogP contribution in [-0.2, 0) is 4.79 Å². The van der Waals surface area contributed by atoms with Gasteiger partial charge in [-0.3, -0.25) is 4.79 Å². The van der Waals surface area contributed by atoms with Gasteiger partial charge in [-0.15, -0.1) is 0 Å². The molecule has 4 nitrogen and oxygen atoms in total. The molecule has 0 aromatic heterocycles. The van der Waals surface area contributed by atoms with Gasteiger partial charge >= 0.3 is 0 Å². The zero-order chi connectivity index (χ0) is 14.3. The molecule has 0 unspecified atom stereocenters. The Kier molecular flexibility index (Phi) is 7.16. The Morgan fingerprint density at radius 1 is 1.47 bits per heavy atom. The van der Waals surface area contributed by atoms with E-state index >= 15 is 0 Å². The largest absolute Gasteiger partial charge is 0.306 e. The van der Waals surface area contributed by atoms with E-state index in [-0.39, 0.29) is 5.91 Å². The molecule has 108 valence electrons. The van der Waals surface area contributed by atoms with Gasteiger partial charge in [0.15, 0.2) is 5.17 Å². The SMILES string of the molecule is C/C=C(\C)N=C(NC(=O)CC1CCN(C)CC1)SC. The van der Waals surface area contributed by atoms with Gasteiger partial charge < -0.3 is 10.2 Å². The van der Waals surface area contributed by atoms with Crippen molar-refractivity contribution in [3.8, 4) is 0 Å². The molecule has 19 heavy (non-hydrogen) atoms. The van der Waals surface area contributed by atoms with Crippen molar-refractivity contribution >= 4 is 22.8 Å². The molecule has 1 N–H and O–H groups in total. The highest BCUT2D eigenvalue weighted by molar-refractivity contribution is 8.13. The van der Waals surface area contributed by atoms with Crippen LogP contribution in [0.25, 0.3) is 0 Å². The molecular weight excluding hydrogens is 258 g/mol. The number of carbonyl (C=O) groups is 1. The van der Waals surface area contributed by atoms with Crippen LogP contribution in [0.15, 0.2) is 16.8 Å². The Hall–Kier alpha value is -0.810. The summed E-state index contributed by atoms with van der Waals surface area (Å²) in [5.41, 5.74) is 0.920. The third-order valence-electron chi connectivity index (χ3n) is 3.45. The van der Waals surface area contributed by atoms with Gasteiger partial charge in [-0.2, -0.15) is 0 Å². The summed E-state index contributed by atoms with van der Waals surface area (Å²) in [6.07, 6.45) is 6.70. The summed E-state index contributed by atoms with van der Waals surface area (Å²) in [5.74, 6) is 0.605.